The number of benzene rings is 1. The predicted octanol–water partition coefficient (Wildman–Crippen LogP) is 4.56. The molecule has 0 unspecified atom stereocenters. The van der Waals surface area contributed by atoms with Gasteiger partial charge in [0.25, 0.3) is 5.91 Å². The van der Waals surface area contributed by atoms with Gasteiger partial charge in [0.1, 0.15) is 5.58 Å². The Morgan fingerprint density at radius 3 is 2.81 bits per heavy atom. The monoisotopic (exact) mass is 406 g/mol. The number of esters is 1. The van der Waals surface area contributed by atoms with Gasteiger partial charge in [0.15, 0.2) is 11.9 Å². The highest BCUT2D eigenvalue weighted by Gasteiger charge is 2.20. The summed E-state index contributed by atoms with van der Waals surface area (Å²) in [6.07, 6.45) is 1.85. The minimum atomic E-state index is -1.02. The van der Waals surface area contributed by atoms with Crippen molar-refractivity contribution in [1.82, 2.24) is 4.98 Å². The SMILES string of the molecule is Cc1ccc2c(CC(=O)O[C@H](C)C(=O)Nc3ncc(Cl)cc3Cl)coc2c1. The van der Waals surface area contributed by atoms with Gasteiger partial charge >= 0.3 is 5.97 Å². The summed E-state index contributed by atoms with van der Waals surface area (Å²) in [5, 5.41) is 3.88. The second-order valence-electron chi connectivity index (χ2n) is 6.04. The molecule has 0 aliphatic carbocycles. The van der Waals surface area contributed by atoms with Crippen LogP contribution in [0.3, 0.4) is 0 Å². The Bertz CT molecular complexity index is 1020. The number of anilines is 1. The third-order valence-electron chi connectivity index (χ3n) is 3.87. The lowest BCUT2D eigenvalue weighted by Crippen LogP contribution is -2.30. The van der Waals surface area contributed by atoms with Crippen LogP contribution in [0.4, 0.5) is 5.82 Å². The van der Waals surface area contributed by atoms with Crippen molar-refractivity contribution >= 4 is 51.9 Å². The van der Waals surface area contributed by atoms with Crippen molar-refractivity contribution in [2.75, 3.05) is 5.32 Å². The van der Waals surface area contributed by atoms with E-state index in [9.17, 15) is 9.59 Å². The minimum Gasteiger partial charge on any atom is -0.464 e. The summed E-state index contributed by atoms with van der Waals surface area (Å²) >= 11 is 11.7. The molecule has 27 heavy (non-hydrogen) atoms. The van der Waals surface area contributed by atoms with E-state index in [2.05, 4.69) is 10.3 Å². The van der Waals surface area contributed by atoms with E-state index in [0.717, 1.165) is 10.9 Å². The molecule has 1 N–H and O–H groups in total. The molecule has 3 aromatic rings. The number of rotatable bonds is 5. The van der Waals surface area contributed by atoms with Crippen molar-refractivity contribution in [3.63, 3.8) is 0 Å². The van der Waals surface area contributed by atoms with Crippen LogP contribution in [0.15, 0.2) is 41.1 Å². The van der Waals surface area contributed by atoms with E-state index in [1.54, 1.807) is 0 Å². The van der Waals surface area contributed by atoms with Gasteiger partial charge in [-0.25, -0.2) is 4.98 Å². The largest absolute Gasteiger partial charge is 0.464 e. The van der Waals surface area contributed by atoms with Crippen molar-refractivity contribution < 1.29 is 18.7 Å². The van der Waals surface area contributed by atoms with Crippen molar-refractivity contribution in [3.05, 3.63) is 57.9 Å². The number of carbonyl (C=O) groups is 2. The molecule has 0 radical (unpaired) electrons. The van der Waals surface area contributed by atoms with E-state index < -0.39 is 18.0 Å². The smallest absolute Gasteiger partial charge is 0.311 e. The third kappa shape index (κ3) is 4.59. The molecule has 0 bridgehead atoms. The number of amides is 1. The van der Waals surface area contributed by atoms with Gasteiger partial charge in [-0.1, -0.05) is 35.3 Å². The average Bonchev–Trinajstić information content (AvgIpc) is 2.98. The van der Waals surface area contributed by atoms with Gasteiger partial charge in [-0.2, -0.15) is 0 Å². The Labute approximate surface area is 165 Å². The maximum atomic E-state index is 12.2. The first-order valence-electron chi connectivity index (χ1n) is 8.11. The molecule has 0 aliphatic rings. The van der Waals surface area contributed by atoms with E-state index in [1.165, 1.54) is 25.5 Å². The highest BCUT2D eigenvalue weighted by atomic mass is 35.5. The first-order valence-corrected chi connectivity index (χ1v) is 8.87. The number of halogens is 2. The molecule has 0 fully saturated rings. The molecular formula is C19H16Cl2N2O4. The number of ether oxygens (including phenoxy) is 1. The number of aromatic nitrogens is 1. The van der Waals surface area contributed by atoms with Gasteiger partial charge in [0.05, 0.1) is 22.7 Å². The fourth-order valence-electron chi connectivity index (χ4n) is 2.50. The van der Waals surface area contributed by atoms with Crippen LogP contribution in [0.2, 0.25) is 10.0 Å². The normalized spacial score (nSPS) is 12.0. The molecule has 1 aromatic carbocycles. The number of nitrogens with zero attached hydrogens (tertiary/aromatic N) is 1. The molecule has 1 atom stereocenters. The molecule has 0 saturated heterocycles. The maximum absolute atomic E-state index is 12.2. The Morgan fingerprint density at radius 2 is 2.07 bits per heavy atom. The van der Waals surface area contributed by atoms with E-state index >= 15 is 0 Å². The molecule has 0 aliphatic heterocycles. The summed E-state index contributed by atoms with van der Waals surface area (Å²) in [7, 11) is 0. The minimum absolute atomic E-state index is 0.00632. The van der Waals surface area contributed by atoms with E-state index in [4.69, 9.17) is 32.4 Å². The summed E-state index contributed by atoms with van der Waals surface area (Å²) in [5.74, 6) is -0.950. The maximum Gasteiger partial charge on any atom is 0.311 e. The standard InChI is InChI=1S/C19H16Cl2N2O4/c1-10-3-4-14-12(9-26-16(14)5-10)6-17(24)27-11(2)19(25)23-18-15(21)7-13(20)8-22-18/h3-5,7-9,11H,6H2,1-2H3,(H,22,23,25)/t11-/m1/s1. The van der Waals surface area contributed by atoms with Gasteiger partial charge in [-0.15, -0.1) is 0 Å². The fourth-order valence-corrected chi connectivity index (χ4v) is 2.93. The van der Waals surface area contributed by atoms with E-state index in [1.807, 2.05) is 25.1 Å². The predicted molar refractivity (Wildman–Crippen MR) is 103 cm³/mol. The van der Waals surface area contributed by atoms with Crippen LogP contribution in [0.25, 0.3) is 11.0 Å². The lowest BCUT2D eigenvalue weighted by molar-refractivity contribution is -0.152. The van der Waals surface area contributed by atoms with E-state index in [0.29, 0.717) is 16.2 Å². The van der Waals surface area contributed by atoms with Crippen LogP contribution >= 0.6 is 23.2 Å². The van der Waals surface area contributed by atoms with Crippen LogP contribution in [0, 0.1) is 6.92 Å². The second kappa shape index (κ2) is 7.98. The van der Waals surface area contributed by atoms with Crippen molar-refractivity contribution in [2.24, 2.45) is 0 Å². The first-order chi connectivity index (χ1) is 12.8. The molecular weight excluding hydrogens is 391 g/mol. The van der Waals surface area contributed by atoms with Gasteiger partial charge in [0, 0.05) is 17.1 Å². The van der Waals surface area contributed by atoms with Crippen LogP contribution in [0.1, 0.15) is 18.1 Å². The molecule has 2 heterocycles. The summed E-state index contributed by atoms with van der Waals surface area (Å²) in [6, 6.07) is 7.17. The molecule has 140 valence electrons. The zero-order valence-corrected chi connectivity index (χ0v) is 16.1. The molecule has 3 rings (SSSR count). The van der Waals surface area contributed by atoms with Crippen LogP contribution in [0.5, 0.6) is 0 Å². The third-order valence-corrected chi connectivity index (χ3v) is 4.37. The number of nitrogens with one attached hydrogen (secondary N) is 1. The number of furan rings is 1. The second-order valence-corrected chi connectivity index (χ2v) is 6.89. The Hall–Kier alpha value is -2.57. The number of fused-ring (bicyclic) bond motifs is 1. The number of carbonyl (C=O) groups excluding carboxylic acids is 2. The summed E-state index contributed by atoms with van der Waals surface area (Å²) < 4.78 is 10.7. The van der Waals surface area contributed by atoms with Gasteiger partial charge < -0.3 is 14.5 Å². The average molecular weight is 407 g/mol. The molecule has 6 nitrogen and oxygen atoms in total. The van der Waals surface area contributed by atoms with Crippen LogP contribution in [-0.2, 0) is 20.7 Å². The number of hydrogen-bond donors (Lipinski definition) is 1. The van der Waals surface area contributed by atoms with Crippen molar-refractivity contribution in [1.29, 1.82) is 0 Å². The zero-order valence-electron chi connectivity index (χ0n) is 14.6. The number of pyridine rings is 1. The molecule has 8 heteroatoms. The summed E-state index contributed by atoms with van der Waals surface area (Å²) in [5.41, 5.74) is 2.46. The Morgan fingerprint density at radius 1 is 1.30 bits per heavy atom. The van der Waals surface area contributed by atoms with Crippen LogP contribution < -0.4 is 5.32 Å². The highest BCUT2D eigenvalue weighted by Crippen LogP contribution is 2.24. The van der Waals surface area contributed by atoms with E-state index in [-0.39, 0.29) is 17.3 Å². The number of hydrogen-bond acceptors (Lipinski definition) is 5. The lowest BCUT2D eigenvalue weighted by atomic mass is 10.1. The molecule has 2 aromatic heterocycles. The lowest BCUT2D eigenvalue weighted by Gasteiger charge is -2.13. The topological polar surface area (TPSA) is 81.4 Å². The quantitative estimate of drug-likeness (QED) is 0.628. The molecule has 0 spiro atoms. The van der Waals surface area contributed by atoms with Crippen LogP contribution in [-0.4, -0.2) is 23.0 Å². The molecule has 1 amide bonds. The fraction of sp³-hybridized carbons (Fsp3) is 0.211. The van der Waals surface area contributed by atoms with Gasteiger partial charge in [-0.05, 0) is 31.5 Å². The molecule has 0 saturated carbocycles. The first kappa shape index (κ1) is 19.2. The Balaban J connectivity index is 1.61. The van der Waals surface area contributed by atoms with Gasteiger partial charge in [-0.3, -0.25) is 9.59 Å². The van der Waals surface area contributed by atoms with Crippen molar-refractivity contribution in [2.45, 2.75) is 26.4 Å². The number of aryl methyl sites for hydroxylation is 1. The van der Waals surface area contributed by atoms with Gasteiger partial charge in [0.2, 0.25) is 0 Å². The Kier molecular flexibility index (Phi) is 5.68. The zero-order chi connectivity index (χ0) is 19.6. The highest BCUT2D eigenvalue weighted by molar-refractivity contribution is 6.36. The summed E-state index contributed by atoms with van der Waals surface area (Å²) in [4.78, 5) is 28.3. The summed E-state index contributed by atoms with van der Waals surface area (Å²) in [6.45, 7) is 3.42. The van der Waals surface area contributed by atoms with Crippen molar-refractivity contribution in [3.8, 4) is 0 Å².